The molecule has 0 saturated carbocycles. The van der Waals surface area contributed by atoms with Crippen molar-refractivity contribution in [3.63, 3.8) is 0 Å². The minimum atomic E-state index is 0.373. The summed E-state index contributed by atoms with van der Waals surface area (Å²) in [4.78, 5) is 1.45. The molecule has 2 N–H and O–H groups in total. The molecular weight excluding hydrogens is 290 g/mol. The Morgan fingerprint density at radius 3 is 2.95 bits per heavy atom. The molecule has 1 atom stereocenters. The van der Waals surface area contributed by atoms with Gasteiger partial charge in [0.05, 0.1) is 5.92 Å². The van der Waals surface area contributed by atoms with Gasteiger partial charge in [-0.15, -0.1) is 11.3 Å². The first-order valence-electron chi connectivity index (χ1n) is 7.57. The van der Waals surface area contributed by atoms with Crippen LogP contribution in [-0.4, -0.2) is 0 Å². The third kappa shape index (κ3) is 1.58. The zero-order valence-corrected chi connectivity index (χ0v) is 12.8. The van der Waals surface area contributed by atoms with E-state index in [-0.39, 0.29) is 0 Å². The number of ether oxygens (including phenoxy) is 1. The molecule has 2 nitrogen and oxygen atoms in total. The lowest BCUT2D eigenvalue weighted by molar-refractivity contribution is 0.430. The van der Waals surface area contributed by atoms with Crippen molar-refractivity contribution < 1.29 is 4.74 Å². The highest BCUT2D eigenvalue weighted by Gasteiger charge is 2.34. The Labute approximate surface area is 132 Å². The summed E-state index contributed by atoms with van der Waals surface area (Å²) < 4.78 is 7.43. The maximum Gasteiger partial charge on any atom is 0.130 e. The molecule has 5 rings (SSSR count). The van der Waals surface area contributed by atoms with E-state index in [1.165, 1.54) is 31.7 Å². The maximum absolute atomic E-state index is 6.09. The molecule has 0 bridgehead atoms. The van der Waals surface area contributed by atoms with Gasteiger partial charge in [0, 0.05) is 27.1 Å². The van der Waals surface area contributed by atoms with Crippen LogP contribution >= 0.6 is 11.3 Å². The Hall–Kier alpha value is -2.10. The monoisotopic (exact) mass is 305 g/mol. The van der Waals surface area contributed by atoms with E-state index < -0.39 is 0 Å². The van der Waals surface area contributed by atoms with Crippen LogP contribution in [0.5, 0.6) is 5.75 Å². The smallest absolute Gasteiger partial charge is 0.130 e. The SMILES string of the molecule is NCc1cccc2sc3c(c12)C=C1Oc2ccccc2C1C3. The van der Waals surface area contributed by atoms with Crippen LogP contribution in [0.4, 0.5) is 0 Å². The lowest BCUT2D eigenvalue weighted by atomic mass is 9.88. The van der Waals surface area contributed by atoms with Gasteiger partial charge in [0.15, 0.2) is 0 Å². The highest BCUT2D eigenvalue weighted by atomic mass is 32.1. The highest BCUT2D eigenvalue weighted by molar-refractivity contribution is 7.19. The standard InChI is InChI=1S/C19H15NOS/c20-10-11-4-3-7-17-19(11)14-8-16-13(9-18(14)22-17)12-5-1-2-6-15(12)21-16/h1-8,13H,9-10,20H2. The predicted octanol–water partition coefficient (Wildman–Crippen LogP) is 4.43. The van der Waals surface area contributed by atoms with Crippen LogP contribution in [0.2, 0.25) is 0 Å². The average molecular weight is 305 g/mol. The molecule has 0 saturated heterocycles. The van der Waals surface area contributed by atoms with E-state index in [1.807, 2.05) is 17.4 Å². The van der Waals surface area contributed by atoms with Crippen molar-refractivity contribution in [2.75, 3.05) is 0 Å². The summed E-state index contributed by atoms with van der Waals surface area (Å²) >= 11 is 1.90. The van der Waals surface area contributed by atoms with Crippen LogP contribution in [-0.2, 0) is 13.0 Å². The molecule has 1 aliphatic carbocycles. The van der Waals surface area contributed by atoms with E-state index in [0.29, 0.717) is 12.5 Å². The molecular formula is C19H15NOS. The van der Waals surface area contributed by atoms with Crippen molar-refractivity contribution in [2.24, 2.45) is 5.73 Å². The molecule has 2 aliphatic rings. The molecule has 2 aromatic carbocycles. The number of allylic oxidation sites excluding steroid dienone is 1. The van der Waals surface area contributed by atoms with Crippen LogP contribution in [0.25, 0.3) is 16.2 Å². The zero-order chi connectivity index (χ0) is 14.7. The van der Waals surface area contributed by atoms with Gasteiger partial charge in [-0.3, -0.25) is 0 Å². The van der Waals surface area contributed by atoms with Gasteiger partial charge >= 0.3 is 0 Å². The van der Waals surface area contributed by atoms with E-state index in [4.69, 9.17) is 10.5 Å². The van der Waals surface area contributed by atoms with Crippen LogP contribution in [0.3, 0.4) is 0 Å². The fourth-order valence-corrected chi connectivity index (χ4v) is 4.93. The Morgan fingerprint density at radius 2 is 2.05 bits per heavy atom. The quantitative estimate of drug-likeness (QED) is 0.721. The summed E-state index contributed by atoms with van der Waals surface area (Å²) in [6.45, 7) is 0.578. The van der Waals surface area contributed by atoms with Crippen LogP contribution in [0.1, 0.15) is 27.5 Å². The average Bonchev–Trinajstić information content (AvgIpc) is 3.09. The first-order chi connectivity index (χ1) is 10.8. The number of rotatable bonds is 1. The fourth-order valence-electron chi connectivity index (χ4n) is 3.65. The maximum atomic E-state index is 6.09. The molecule has 0 amide bonds. The molecule has 22 heavy (non-hydrogen) atoms. The first kappa shape index (κ1) is 12.4. The molecule has 0 spiro atoms. The first-order valence-corrected chi connectivity index (χ1v) is 8.38. The van der Waals surface area contributed by atoms with Crippen molar-refractivity contribution in [1.29, 1.82) is 0 Å². The molecule has 2 heterocycles. The number of para-hydroxylation sites is 1. The van der Waals surface area contributed by atoms with Gasteiger partial charge in [0.25, 0.3) is 0 Å². The predicted molar refractivity (Wildman–Crippen MR) is 91.2 cm³/mol. The minimum Gasteiger partial charge on any atom is -0.461 e. The lowest BCUT2D eigenvalue weighted by Gasteiger charge is -2.16. The van der Waals surface area contributed by atoms with Gasteiger partial charge in [-0.05, 0) is 35.8 Å². The van der Waals surface area contributed by atoms with Gasteiger partial charge < -0.3 is 10.5 Å². The van der Waals surface area contributed by atoms with E-state index in [0.717, 1.165) is 17.9 Å². The van der Waals surface area contributed by atoms with E-state index in [9.17, 15) is 0 Å². The van der Waals surface area contributed by atoms with E-state index in [1.54, 1.807) is 0 Å². The second-order valence-corrected chi connectivity index (χ2v) is 7.01. The fraction of sp³-hybridized carbons (Fsp3) is 0.158. The summed E-state index contributed by atoms with van der Waals surface area (Å²) in [6.07, 6.45) is 3.27. The highest BCUT2D eigenvalue weighted by Crippen LogP contribution is 2.49. The number of nitrogens with two attached hydrogens (primary N) is 1. The molecule has 108 valence electrons. The minimum absolute atomic E-state index is 0.373. The van der Waals surface area contributed by atoms with Gasteiger partial charge in [0.1, 0.15) is 11.5 Å². The topological polar surface area (TPSA) is 35.2 Å². The summed E-state index contributed by atoms with van der Waals surface area (Å²) in [5.41, 5.74) is 9.79. The van der Waals surface area contributed by atoms with E-state index in [2.05, 4.69) is 42.5 Å². The van der Waals surface area contributed by atoms with Gasteiger partial charge in [0.2, 0.25) is 0 Å². The number of hydrogen-bond acceptors (Lipinski definition) is 3. The van der Waals surface area contributed by atoms with Crippen molar-refractivity contribution >= 4 is 27.5 Å². The Bertz CT molecular complexity index is 938. The van der Waals surface area contributed by atoms with Gasteiger partial charge in [-0.1, -0.05) is 30.3 Å². The Balaban J connectivity index is 1.73. The molecule has 0 fully saturated rings. The van der Waals surface area contributed by atoms with Crippen molar-refractivity contribution in [3.8, 4) is 5.75 Å². The van der Waals surface area contributed by atoms with Crippen LogP contribution < -0.4 is 10.5 Å². The molecule has 3 heteroatoms. The lowest BCUT2D eigenvalue weighted by Crippen LogP contribution is -2.07. The number of fused-ring (bicyclic) bond motifs is 6. The Kier molecular flexibility index (Phi) is 2.52. The largest absolute Gasteiger partial charge is 0.461 e. The molecule has 1 unspecified atom stereocenters. The summed E-state index contributed by atoms with van der Waals surface area (Å²) in [5, 5.41) is 1.32. The van der Waals surface area contributed by atoms with Crippen molar-refractivity contribution in [3.05, 3.63) is 69.8 Å². The molecule has 3 aromatic rings. The van der Waals surface area contributed by atoms with Gasteiger partial charge in [-0.25, -0.2) is 0 Å². The third-order valence-corrected chi connectivity index (χ3v) is 5.87. The number of hydrogen-bond donors (Lipinski definition) is 1. The second-order valence-electron chi connectivity index (χ2n) is 5.88. The molecule has 0 radical (unpaired) electrons. The summed E-state index contributed by atoms with van der Waals surface area (Å²) in [5.74, 6) is 2.47. The zero-order valence-electron chi connectivity index (χ0n) is 12.0. The van der Waals surface area contributed by atoms with Crippen molar-refractivity contribution in [1.82, 2.24) is 0 Å². The summed E-state index contributed by atoms with van der Waals surface area (Å²) in [6, 6.07) is 14.8. The third-order valence-electron chi connectivity index (χ3n) is 4.68. The van der Waals surface area contributed by atoms with Gasteiger partial charge in [-0.2, -0.15) is 0 Å². The number of benzene rings is 2. The Morgan fingerprint density at radius 1 is 1.14 bits per heavy atom. The van der Waals surface area contributed by atoms with Crippen LogP contribution in [0.15, 0.2) is 48.2 Å². The van der Waals surface area contributed by atoms with Crippen molar-refractivity contribution in [2.45, 2.75) is 18.9 Å². The van der Waals surface area contributed by atoms with E-state index >= 15 is 0 Å². The normalized spacial score (nSPS) is 18.4. The second kappa shape index (κ2) is 4.45. The molecule has 1 aromatic heterocycles. The molecule has 1 aliphatic heterocycles. The number of thiophene rings is 1. The van der Waals surface area contributed by atoms with Crippen LogP contribution in [0, 0.1) is 0 Å². The summed E-state index contributed by atoms with van der Waals surface area (Å²) in [7, 11) is 0.